The van der Waals surface area contributed by atoms with Crippen LogP contribution in [-0.2, 0) is 9.53 Å². The molecule has 0 radical (unpaired) electrons. The largest absolute Gasteiger partial charge is 0.449 e. The van der Waals surface area contributed by atoms with Gasteiger partial charge in [0, 0.05) is 6.07 Å². The van der Waals surface area contributed by atoms with Crippen LogP contribution in [0.15, 0.2) is 36.4 Å². The fraction of sp³-hybridized carbons (Fsp3) is 0.125. The highest BCUT2D eigenvalue weighted by molar-refractivity contribution is 6.33. The topological polar surface area (TPSA) is 55.4 Å². The lowest BCUT2D eigenvalue weighted by Gasteiger charge is -2.14. The molecule has 2 rings (SSSR count). The maximum atomic E-state index is 13.1. The predicted octanol–water partition coefficient (Wildman–Crippen LogP) is 3.94. The average Bonchev–Trinajstić information content (AvgIpc) is 2.48. The number of benzene rings is 2. The molecule has 0 heterocycles. The van der Waals surface area contributed by atoms with Gasteiger partial charge in [0.1, 0.15) is 17.5 Å². The maximum absolute atomic E-state index is 13.1. The Labute approximate surface area is 140 Å². The minimum Gasteiger partial charge on any atom is -0.449 e. The molecule has 1 amide bonds. The van der Waals surface area contributed by atoms with Crippen molar-refractivity contribution in [1.82, 2.24) is 0 Å². The van der Waals surface area contributed by atoms with E-state index in [0.717, 1.165) is 24.3 Å². The number of hydrogen-bond donors (Lipinski definition) is 1. The summed E-state index contributed by atoms with van der Waals surface area (Å²) in [5.41, 5.74) is -0.241. The summed E-state index contributed by atoms with van der Waals surface area (Å²) in [6.45, 7) is 1.26. The van der Waals surface area contributed by atoms with Gasteiger partial charge in [0.2, 0.25) is 0 Å². The van der Waals surface area contributed by atoms with Crippen molar-refractivity contribution in [2.75, 3.05) is 5.32 Å². The van der Waals surface area contributed by atoms with Gasteiger partial charge in [0.25, 0.3) is 5.91 Å². The Morgan fingerprint density at radius 3 is 2.25 bits per heavy atom. The van der Waals surface area contributed by atoms with Crippen molar-refractivity contribution in [1.29, 1.82) is 0 Å². The Bertz CT molecular complexity index is 778. The molecule has 1 N–H and O–H groups in total. The van der Waals surface area contributed by atoms with Crippen LogP contribution in [-0.4, -0.2) is 18.0 Å². The molecular weight excluding hydrogens is 347 g/mol. The zero-order chi connectivity index (χ0) is 17.9. The molecule has 0 saturated carbocycles. The normalized spacial score (nSPS) is 11.7. The summed E-state index contributed by atoms with van der Waals surface area (Å²) in [7, 11) is 0. The average molecular weight is 358 g/mol. The van der Waals surface area contributed by atoms with Crippen molar-refractivity contribution in [2.45, 2.75) is 13.0 Å². The second kappa shape index (κ2) is 7.35. The summed E-state index contributed by atoms with van der Waals surface area (Å²) in [5.74, 6) is -4.28. The molecule has 0 fully saturated rings. The Morgan fingerprint density at radius 2 is 1.67 bits per heavy atom. The quantitative estimate of drug-likeness (QED) is 0.843. The van der Waals surface area contributed by atoms with Gasteiger partial charge in [0.05, 0.1) is 16.3 Å². The lowest BCUT2D eigenvalue weighted by Crippen LogP contribution is -2.30. The second-order valence-corrected chi connectivity index (χ2v) is 5.23. The van der Waals surface area contributed by atoms with E-state index in [1.54, 1.807) is 0 Å². The van der Waals surface area contributed by atoms with Crippen LogP contribution < -0.4 is 5.32 Å². The van der Waals surface area contributed by atoms with E-state index in [4.69, 9.17) is 16.3 Å². The number of rotatable bonds is 4. The lowest BCUT2D eigenvalue weighted by atomic mass is 10.2. The summed E-state index contributed by atoms with van der Waals surface area (Å²) in [6, 6.07) is 5.51. The number of ether oxygens (including phenoxy) is 1. The summed E-state index contributed by atoms with van der Waals surface area (Å²) in [5, 5.41) is 2.32. The van der Waals surface area contributed by atoms with Gasteiger partial charge in [-0.25, -0.2) is 18.0 Å². The summed E-state index contributed by atoms with van der Waals surface area (Å²) < 4.78 is 43.9. The minimum absolute atomic E-state index is 0.0333. The molecule has 0 bridgehead atoms. The highest BCUT2D eigenvalue weighted by Gasteiger charge is 2.20. The molecule has 0 aliphatic rings. The highest BCUT2D eigenvalue weighted by atomic mass is 35.5. The van der Waals surface area contributed by atoms with Crippen LogP contribution in [0, 0.1) is 17.5 Å². The van der Waals surface area contributed by atoms with E-state index in [2.05, 4.69) is 5.32 Å². The zero-order valence-corrected chi connectivity index (χ0v) is 13.0. The van der Waals surface area contributed by atoms with Gasteiger partial charge in [-0.2, -0.15) is 0 Å². The first-order valence-electron chi connectivity index (χ1n) is 6.69. The first kappa shape index (κ1) is 17.8. The third kappa shape index (κ3) is 4.48. The summed E-state index contributed by atoms with van der Waals surface area (Å²) in [4.78, 5) is 23.8. The Hall–Kier alpha value is -2.54. The molecule has 0 aliphatic heterocycles. The fourth-order valence-electron chi connectivity index (χ4n) is 1.78. The molecule has 2 aromatic carbocycles. The van der Waals surface area contributed by atoms with Crippen molar-refractivity contribution in [2.24, 2.45) is 0 Å². The predicted molar refractivity (Wildman–Crippen MR) is 81.3 cm³/mol. The SMILES string of the molecule is CC(OC(=O)c1cc(F)cc(F)c1)C(=O)Nc1ccc(F)cc1Cl. The fourth-order valence-corrected chi connectivity index (χ4v) is 1.99. The monoisotopic (exact) mass is 357 g/mol. The molecule has 4 nitrogen and oxygen atoms in total. The molecule has 0 aromatic heterocycles. The molecule has 1 atom stereocenters. The number of nitrogens with one attached hydrogen (secondary N) is 1. The number of anilines is 1. The number of carbonyl (C=O) groups is 2. The first-order valence-corrected chi connectivity index (χ1v) is 7.07. The van der Waals surface area contributed by atoms with E-state index in [0.29, 0.717) is 6.07 Å². The molecular formula is C16H11ClF3NO3. The van der Waals surface area contributed by atoms with E-state index in [9.17, 15) is 22.8 Å². The molecule has 2 aromatic rings. The third-order valence-corrected chi connectivity index (χ3v) is 3.25. The van der Waals surface area contributed by atoms with Crippen LogP contribution in [0.4, 0.5) is 18.9 Å². The van der Waals surface area contributed by atoms with Crippen LogP contribution in [0.2, 0.25) is 5.02 Å². The van der Waals surface area contributed by atoms with Gasteiger partial charge in [0.15, 0.2) is 6.10 Å². The van der Waals surface area contributed by atoms with Gasteiger partial charge in [-0.3, -0.25) is 4.79 Å². The number of halogens is 4. The van der Waals surface area contributed by atoms with E-state index in [-0.39, 0.29) is 16.3 Å². The van der Waals surface area contributed by atoms with Gasteiger partial charge < -0.3 is 10.1 Å². The smallest absolute Gasteiger partial charge is 0.339 e. The Morgan fingerprint density at radius 1 is 1.04 bits per heavy atom. The van der Waals surface area contributed by atoms with Gasteiger partial charge >= 0.3 is 5.97 Å². The van der Waals surface area contributed by atoms with Gasteiger partial charge in [-0.1, -0.05) is 11.6 Å². The molecule has 1 unspecified atom stereocenters. The summed E-state index contributed by atoms with van der Waals surface area (Å²) in [6.07, 6.45) is -1.27. The highest BCUT2D eigenvalue weighted by Crippen LogP contribution is 2.22. The summed E-state index contributed by atoms with van der Waals surface area (Å²) >= 11 is 5.77. The standard InChI is InChI=1S/C16H11ClF3NO3/c1-8(15(22)21-14-3-2-10(18)7-13(14)17)24-16(23)9-4-11(19)6-12(20)5-9/h2-8H,1H3,(H,21,22). The molecule has 126 valence electrons. The number of hydrogen-bond acceptors (Lipinski definition) is 3. The van der Waals surface area contributed by atoms with E-state index in [1.807, 2.05) is 0 Å². The van der Waals surface area contributed by atoms with Crippen LogP contribution >= 0.6 is 11.6 Å². The molecule has 0 aliphatic carbocycles. The molecule has 24 heavy (non-hydrogen) atoms. The minimum atomic E-state index is -1.27. The van der Waals surface area contributed by atoms with Gasteiger partial charge in [-0.15, -0.1) is 0 Å². The first-order chi connectivity index (χ1) is 11.3. The zero-order valence-electron chi connectivity index (χ0n) is 12.3. The van der Waals surface area contributed by atoms with Crippen molar-refractivity contribution in [3.63, 3.8) is 0 Å². The number of amides is 1. The number of esters is 1. The Balaban J connectivity index is 2.04. The Kier molecular flexibility index (Phi) is 5.46. The number of carbonyl (C=O) groups excluding carboxylic acids is 2. The molecule has 8 heteroatoms. The van der Waals surface area contributed by atoms with Gasteiger partial charge in [-0.05, 0) is 37.3 Å². The molecule has 0 spiro atoms. The third-order valence-electron chi connectivity index (χ3n) is 2.94. The van der Waals surface area contributed by atoms with Crippen molar-refractivity contribution in [3.05, 3.63) is 64.4 Å². The molecule has 0 saturated heterocycles. The van der Waals surface area contributed by atoms with E-state index < -0.39 is 35.4 Å². The maximum Gasteiger partial charge on any atom is 0.339 e. The van der Waals surface area contributed by atoms with Crippen molar-refractivity contribution < 1.29 is 27.5 Å². The van der Waals surface area contributed by atoms with E-state index in [1.165, 1.54) is 13.0 Å². The van der Waals surface area contributed by atoms with Crippen molar-refractivity contribution >= 4 is 29.2 Å². The van der Waals surface area contributed by atoms with Crippen LogP contribution in [0.5, 0.6) is 0 Å². The van der Waals surface area contributed by atoms with Crippen LogP contribution in [0.3, 0.4) is 0 Å². The van der Waals surface area contributed by atoms with Crippen LogP contribution in [0.1, 0.15) is 17.3 Å². The second-order valence-electron chi connectivity index (χ2n) is 4.82. The van der Waals surface area contributed by atoms with Crippen molar-refractivity contribution in [3.8, 4) is 0 Å². The van der Waals surface area contributed by atoms with Crippen LogP contribution in [0.25, 0.3) is 0 Å². The lowest BCUT2D eigenvalue weighted by molar-refractivity contribution is -0.123. The van der Waals surface area contributed by atoms with E-state index >= 15 is 0 Å².